The topological polar surface area (TPSA) is 66.4 Å². The second kappa shape index (κ2) is 7.26. The molecule has 1 amide bonds. The fourth-order valence-corrected chi connectivity index (χ4v) is 1.44. The van der Waals surface area contributed by atoms with Gasteiger partial charge in [0, 0.05) is 12.5 Å². The van der Waals surface area contributed by atoms with Gasteiger partial charge in [0.15, 0.2) is 0 Å². The minimum Gasteiger partial charge on any atom is -0.481 e. The van der Waals surface area contributed by atoms with Gasteiger partial charge in [0.1, 0.15) is 0 Å². The number of rotatable bonds is 7. The fraction of sp³-hybridized carbons (Fsp3) is 0.818. The molecule has 2 N–H and O–H groups in total. The highest BCUT2D eigenvalue weighted by atomic mass is 16.4. The maximum Gasteiger partial charge on any atom is 0.305 e. The SMILES string of the molecule is CCC[C@@H](CC(=O)O)NC(=O)CC(C)C. The van der Waals surface area contributed by atoms with Crippen LogP contribution < -0.4 is 5.32 Å². The van der Waals surface area contributed by atoms with Gasteiger partial charge < -0.3 is 10.4 Å². The van der Waals surface area contributed by atoms with Crippen molar-refractivity contribution < 1.29 is 14.7 Å². The maximum atomic E-state index is 11.4. The predicted molar refractivity (Wildman–Crippen MR) is 58.5 cm³/mol. The number of hydrogen-bond donors (Lipinski definition) is 2. The van der Waals surface area contributed by atoms with E-state index in [1.807, 2.05) is 20.8 Å². The minimum absolute atomic E-state index is 0.0116. The number of carboxylic acids is 1. The fourth-order valence-electron chi connectivity index (χ4n) is 1.44. The zero-order valence-electron chi connectivity index (χ0n) is 9.75. The van der Waals surface area contributed by atoms with E-state index < -0.39 is 5.97 Å². The van der Waals surface area contributed by atoms with E-state index in [-0.39, 0.29) is 18.4 Å². The summed E-state index contributed by atoms with van der Waals surface area (Å²) in [7, 11) is 0. The first-order valence-electron chi connectivity index (χ1n) is 5.46. The Balaban J connectivity index is 4.03. The van der Waals surface area contributed by atoms with Gasteiger partial charge in [-0.3, -0.25) is 9.59 Å². The highest BCUT2D eigenvalue weighted by molar-refractivity contribution is 5.77. The number of carboxylic acid groups (broad SMARTS) is 1. The number of hydrogen-bond acceptors (Lipinski definition) is 2. The van der Waals surface area contributed by atoms with Gasteiger partial charge in [-0.1, -0.05) is 27.2 Å². The first-order chi connectivity index (χ1) is 6.95. The molecule has 0 fully saturated rings. The quantitative estimate of drug-likeness (QED) is 0.680. The minimum atomic E-state index is -0.863. The van der Waals surface area contributed by atoms with E-state index in [1.165, 1.54) is 0 Å². The van der Waals surface area contributed by atoms with Crippen LogP contribution in [0.5, 0.6) is 0 Å². The molecule has 0 saturated heterocycles. The second-order valence-electron chi connectivity index (χ2n) is 4.25. The number of nitrogens with one attached hydrogen (secondary N) is 1. The second-order valence-corrected chi connectivity index (χ2v) is 4.25. The smallest absolute Gasteiger partial charge is 0.305 e. The van der Waals surface area contributed by atoms with Crippen molar-refractivity contribution in [3.63, 3.8) is 0 Å². The molecule has 0 bridgehead atoms. The molecule has 0 rings (SSSR count). The Morgan fingerprint density at radius 2 is 1.87 bits per heavy atom. The van der Waals surface area contributed by atoms with Crippen molar-refractivity contribution in [3.8, 4) is 0 Å². The van der Waals surface area contributed by atoms with Crippen molar-refractivity contribution in [3.05, 3.63) is 0 Å². The van der Waals surface area contributed by atoms with E-state index in [2.05, 4.69) is 5.32 Å². The third-order valence-corrected chi connectivity index (χ3v) is 2.02. The lowest BCUT2D eigenvalue weighted by Gasteiger charge is -2.16. The van der Waals surface area contributed by atoms with Gasteiger partial charge >= 0.3 is 5.97 Å². The van der Waals surface area contributed by atoms with Gasteiger partial charge in [0.2, 0.25) is 5.91 Å². The van der Waals surface area contributed by atoms with Crippen LogP contribution in [0.25, 0.3) is 0 Å². The van der Waals surface area contributed by atoms with Crippen LogP contribution in [0.2, 0.25) is 0 Å². The van der Waals surface area contributed by atoms with Crippen LogP contribution in [0, 0.1) is 5.92 Å². The van der Waals surface area contributed by atoms with E-state index in [9.17, 15) is 9.59 Å². The molecule has 15 heavy (non-hydrogen) atoms. The predicted octanol–water partition coefficient (Wildman–Crippen LogP) is 1.79. The van der Waals surface area contributed by atoms with Crippen molar-refractivity contribution in [2.45, 2.75) is 52.5 Å². The zero-order valence-corrected chi connectivity index (χ0v) is 9.75. The summed E-state index contributed by atoms with van der Waals surface area (Å²) in [5.74, 6) is -0.611. The molecule has 0 unspecified atom stereocenters. The van der Waals surface area contributed by atoms with E-state index in [4.69, 9.17) is 5.11 Å². The molecule has 0 aliphatic rings. The molecule has 4 heteroatoms. The average Bonchev–Trinajstić information content (AvgIpc) is 2.00. The van der Waals surface area contributed by atoms with Gasteiger partial charge in [-0.2, -0.15) is 0 Å². The molecule has 0 aliphatic carbocycles. The number of amides is 1. The Morgan fingerprint density at radius 3 is 2.27 bits per heavy atom. The molecule has 0 heterocycles. The summed E-state index contributed by atoms with van der Waals surface area (Å²) in [5.41, 5.74) is 0. The number of carbonyl (C=O) groups excluding carboxylic acids is 1. The Hall–Kier alpha value is -1.06. The van der Waals surface area contributed by atoms with E-state index in [1.54, 1.807) is 0 Å². The van der Waals surface area contributed by atoms with Crippen LogP contribution in [0.15, 0.2) is 0 Å². The summed E-state index contributed by atoms with van der Waals surface area (Å²) < 4.78 is 0. The zero-order chi connectivity index (χ0) is 11.8. The largest absolute Gasteiger partial charge is 0.481 e. The molecular weight excluding hydrogens is 194 g/mol. The van der Waals surface area contributed by atoms with Crippen molar-refractivity contribution in [2.75, 3.05) is 0 Å². The molecule has 4 nitrogen and oxygen atoms in total. The van der Waals surface area contributed by atoms with E-state index in [0.717, 1.165) is 12.8 Å². The monoisotopic (exact) mass is 215 g/mol. The summed E-state index contributed by atoms with van der Waals surface area (Å²) in [4.78, 5) is 22.0. The van der Waals surface area contributed by atoms with Crippen molar-refractivity contribution in [1.29, 1.82) is 0 Å². The normalized spacial score (nSPS) is 12.5. The summed E-state index contributed by atoms with van der Waals surface area (Å²) in [6, 6.07) is -0.223. The highest BCUT2D eigenvalue weighted by Gasteiger charge is 2.15. The van der Waals surface area contributed by atoms with Gasteiger partial charge in [-0.15, -0.1) is 0 Å². The lowest BCUT2D eigenvalue weighted by Crippen LogP contribution is -2.36. The standard InChI is InChI=1S/C11H21NO3/c1-4-5-9(7-11(14)15)12-10(13)6-8(2)3/h8-9H,4-7H2,1-3H3,(H,12,13)(H,14,15)/t9-/m0/s1. The summed E-state index contributed by atoms with van der Waals surface area (Å²) in [6.45, 7) is 5.90. The van der Waals surface area contributed by atoms with Gasteiger partial charge in [0.25, 0.3) is 0 Å². The first kappa shape index (κ1) is 13.9. The molecule has 0 saturated carbocycles. The Morgan fingerprint density at radius 1 is 1.27 bits per heavy atom. The first-order valence-corrected chi connectivity index (χ1v) is 5.46. The van der Waals surface area contributed by atoms with Crippen molar-refractivity contribution in [2.24, 2.45) is 5.92 Å². The van der Waals surface area contributed by atoms with Crippen LogP contribution in [-0.2, 0) is 9.59 Å². The molecule has 0 aliphatic heterocycles. The lowest BCUT2D eigenvalue weighted by molar-refractivity contribution is -0.137. The van der Waals surface area contributed by atoms with Gasteiger partial charge in [0.05, 0.1) is 6.42 Å². The third-order valence-electron chi connectivity index (χ3n) is 2.02. The molecule has 0 aromatic rings. The van der Waals surface area contributed by atoms with Crippen LogP contribution in [-0.4, -0.2) is 23.0 Å². The maximum absolute atomic E-state index is 11.4. The number of aliphatic carboxylic acids is 1. The Labute approximate surface area is 91.1 Å². The van der Waals surface area contributed by atoms with Crippen LogP contribution in [0.1, 0.15) is 46.5 Å². The summed E-state index contributed by atoms with van der Waals surface area (Å²) in [5, 5.41) is 11.4. The highest BCUT2D eigenvalue weighted by Crippen LogP contribution is 2.04. The molecule has 0 aromatic carbocycles. The van der Waals surface area contributed by atoms with Gasteiger partial charge in [-0.05, 0) is 12.3 Å². The molecule has 1 atom stereocenters. The Kier molecular flexibility index (Phi) is 6.75. The van der Waals surface area contributed by atoms with Crippen molar-refractivity contribution in [1.82, 2.24) is 5.32 Å². The van der Waals surface area contributed by atoms with E-state index in [0.29, 0.717) is 12.3 Å². The Bertz CT molecular complexity index is 214. The molecule has 0 spiro atoms. The van der Waals surface area contributed by atoms with Crippen LogP contribution >= 0.6 is 0 Å². The van der Waals surface area contributed by atoms with Crippen LogP contribution in [0.3, 0.4) is 0 Å². The van der Waals surface area contributed by atoms with E-state index >= 15 is 0 Å². The van der Waals surface area contributed by atoms with Gasteiger partial charge in [-0.25, -0.2) is 0 Å². The molecule has 0 radical (unpaired) electrons. The summed E-state index contributed by atoms with van der Waals surface area (Å²) in [6.07, 6.45) is 2.06. The lowest BCUT2D eigenvalue weighted by atomic mass is 10.1. The molecule has 88 valence electrons. The molecule has 0 aromatic heterocycles. The van der Waals surface area contributed by atoms with Crippen LogP contribution in [0.4, 0.5) is 0 Å². The third kappa shape index (κ3) is 7.97. The average molecular weight is 215 g/mol. The van der Waals surface area contributed by atoms with Crippen molar-refractivity contribution >= 4 is 11.9 Å². The number of carbonyl (C=O) groups is 2. The molecular formula is C11H21NO3. The summed E-state index contributed by atoms with van der Waals surface area (Å²) >= 11 is 0.